The van der Waals surface area contributed by atoms with Crippen molar-refractivity contribution in [3.05, 3.63) is 32.9 Å². The first-order valence-corrected chi connectivity index (χ1v) is 17.2. The Labute approximate surface area is 278 Å². The molecule has 11 heteroatoms. The number of carbonyl (C=O) groups is 4. The van der Waals surface area contributed by atoms with Gasteiger partial charge in [-0.15, -0.1) is 0 Å². The SMILES string of the molecule is COc1cc(C=O)cc(I)c1O[C@H]1C=C(C(=O)NCCO)C[C@@H](N(CC23CC4CC(CC(C4)C2)C3)C(=O)CCCC(C)=O)[C@@H]1O. The summed E-state index contributed by atoms with van der Waals surface area (Å²) in [6, 6.07) is 2.45. The van der Waals surface area contributed by atoms with E-state index in [2.05, 4.69) is 5.32 Å². The quantitative estimate of drug-likeness (QED) is 0.193. The molecule has 246 valence electrons. The molecule has 45 heavy (non-hydrogen) atoms. The fraction of sp³-hybridized carbons (Fsp3) is 0.647. The van der Waals surface area contributed by atoms with E-state index in [4.69, 9.17) is 9.47 Å². The third kappa shape index (κ3) is 7.73. The van der Waals surface area contributed by atoms with Gasteiger partial charge in [-0.3, -0.25) is 14.4 Å². The number of rotatable bonds is 14. The molecule has 6 rings (SSSR count). The van der Waals surface area contributed by atoms with E-state index < -0.39 is 24.2 Å². The minimum atomic E-state index is -1.17. The number of carbonyl (C=O) groups excluding carboxylic acids is 4. The molecule has 0 aromatic heterocycles. The Balaban J connectivity index is 1.49. The molecular formula is C34H45IN2O8. The van der Waals surface area contributed by atoms with Crippen LogP contribution in [-0.2, 0) is 14.4 Å². The molecule has 0 aliphatic heterocycles. The van der Waals surface area contributed by atoms with Crippen LogP contribution in [0.15, 0.2) is 23.8 Å². The van der Waals surface area contributed by atoms with Crippen LogP contribution < -0.4 is 14.8 Å². The molecule has 0 saturated heterocycles. The second kappa shape index (κ2) is 14.5. The lowest BCUT2D eigenvalue weighted by molar-refractivity contribution is -0.147. The highest BCUT2D eigenvalue weighted by Gasteiger charge is 2.53. The summed E-state index contributed by atoms with van der Waals surface area (Å²) in [5.41, 5.74) is 0.739. The summed E-state index contributed by atoms with van der Waals surface area (Å²) in [6.07, 6.45) is 8.13. The molecule has 3 atom stereocenters. The number of aliphatic hydroxyl groups excluding tert-OH is 2. The fourth-order valence-corrected chi connectivity index (χ4v) is 9.46. The number of halogens is 1. The standard InChI is InChI=1S/C34H45IN2O8/c1-20(40)4-3-5-30(41)37(19-34-15-21-8-22(16-34)10-23(9-21)17-34)27-13-25(33(43)36-6-7-38)14-28(31(27)42)45-32-26(35)11-24(18-39)12-29(32)44-2/h11-12,14,18,21-23,27-28,31,38,42H,3-10,13,15-17,19H2,1-2H3,(H,36,43)/t21?,22?,23?,27-,28+,31+,34?/m1/s1. The molecule has 2 amide bonds. The summed E-state index contributed by atoms with van der Waals surface area (Å²) in [5, 5.41) is 24.0. The molecule has 4 fully saturated rings. The Morgan fingerprint density at radius 1 is 1.11 bits per heavy atom. The third-order valence-corrected chi connectivity index (χ3v) is 11.0. The minimum Gasteiger partial charge on any atom is -0.493 e. The van der Waals surface area contributed by atoms with Crippen molar-refractivity contribution < 1.29 is 38.9 Å². The van der Waals surface area contributed by atoms with E-state index in [-0.39, 0.29) is 43.1 Å². The van der Waals surface area contributed by atoms with Crippen LogP contribution in [-0.4, -0.2) is 84.1 Å². The summed E-state index contributed by atoms with van der Waals surface area (Å²) in [6.45, 7) is 1.86. The highest BCUT2D eigenvalue weighted by Crippen LogP contribution is 2.60. The topological polar surface area (TPSA) is 142 Å². The number of hydrogen-bond acceptors (Lipinski definition) is 8. The van der Waals surface area contributed by atoms with Crippen LogP contribution in [0.5, 0.6) is 11.5 Å². The van der Waals surface area contributed by atoms with Gasteiger partial charge in [0.05, 0.1) is 23.3 Å². The van der Waals surface area contributed by atoms with Crippen LogP contribution in [0, 0.1) is 26.7 Å². The van der Waals surface area contributed by atoms with E-state index in [1.54, 1.807) is 23.1 Å². The lowest BCUT2D eigenvalue weighted by atomic mass is 9.49. The highest BCUT2D eigenvalue weighted by atomic mass is 127. The molecule has 3 N–H and O–H groups in total. The number of amides is 2. The third-order valence-electron chi connectivity index (χ3n) is 10.2. The number of ether oxygens (including phenoxy) is 2. The van der Waals surface area contributed by atoms with Gasteiger partial charge < -0.3 is 34.7 Å². The first-order valence-electron chi connectivity index (χ1n) is 16.1. The molecular weight excluding hydrogens is 691 g/mol. The normalized spacial score (nSPS) is 29.9. The number of hydrogen-bond donors (Lipinski definition) is 3. The second-order valence-corrected chi connectivity index (χ2v) is 14.8. The smallest absolute Gasteiger partial charge is 0.247 e. The van der Waals surface area contributed by atoms with Crippen molar-refractivity contribution in [1.82, 2.24) is 10.2 Å². The first-order chi connectivity index (χ1) is 21.5. The van der Waals surface area contributed by atoms with E-state index in [0.717, 1.165) is 19.3 Å². The van der Waals surface area contributed by atoms with Crippen LogP contribution in [0.4, 0.5) is 0 Å². The summed E-state index contributed by atoms with van der Waals surface area (Å²) in [4.78, 5) is 52.4. The van der Waals surface area contributed by atoms with E-state index >= 15 is 0 Å². The number of methoxy groups -OCH3 is 1. The van der Waals surface area contributed by atoms with E-state index in [0.29, 0.717) is 69.6 Å². The van der Waals surface area contributed by atoms with Gasteiger partial charge in [-0.1, -0.05) is 0 Å². The molecule has 4 bridgehead atoms. The Hall–Kier alpha value is -2.51. The van der Waals surface area contributed by atoms with Gasteiger partial charge in [0.25, 0.3) is 0 Å². The number of nitrogens with zero attached hydrogens (tertiary/aromatic N) is 1. The van der Waals surface area contributed by atoms with E-state index in [9.17, 15) is 29.4 Å². The zero-order chi connectivity index (χ0) is 32.3. The Morgan fingerprint density at radius 2 is 1.78 bits per heavy atom. The number of aldehydes is 1. The van der Waals surface area contributed by atoms with Gasteiger partial charge in [0, 0.05) is 43.5 Å². The summed E-state index contributed by atoms with van der Waals surface area (Å²) >= 11 is 2.04. The molecule has 5 aliphatic rings. The van der Waals surface area contributed by atoms with Crippen molar-refractivity contribution in [2.75, 3.05) is 26.8 Å². The largest absolute Gasteiger partial charge is 0.493 e. The Kier molecular flexibility index (Phi) is 10.9. The van der Waals surface area contributed by atoms with Crippen molar-refractivity contribution in [3.8, 4) is 11.5 Å². The van der Waals surface area contributed by atoms with Gasteiger partial charge >= 0.3 is 0 Å². The lowest BCUT2D eigenvalue weighted by Gasteiger charge is -2.58. The van der Waals surface area contributed by atoms with Gasteiger partial charge in [-0.2, -0.15) is 0 Å². The average Bonchev–Trinajstić information content (AvgIpc) is 2.99. The molecule has 4 saturated carbocycles. The van der Waals surface area contributed by atoms with Crippen LogP contribution in [0.1, 0.15) is 81.5 Å². The van der Waals surface area contributed by atoms with Crippen LogP contribution >= 0.6 is 22.6 Å². The number of nitrogens with one attached hydrogen (secondary N) is 1. The number of Topliss-reactive ketones (excluding diaryl/α,β-unsaturated/α-hetero) is 1. The monoisotopic (exact) mass is 736 g/mol. The van der Waals surface area contributed by atoms with E-state index in [1.807, 2.05) is 22.6 Å². The van der Waals surface area contributed by atoms with Crippen LogP contribution in [0.2, 0.25) is 0 Å². The fourth-order valence-electron chi connectivity index (χ4n) is 8.71. The van der Waals surface area contributed by atoms with Crippen molar-refractivity contribution in [2.45, 2.75) is 89.4 Å². The van der Waals surface area contributed by atoms with Gasteiger partial charge in [0.2, 0.25) is 11.8 Å². The average molecular weight is 737 g/mol. The number of aliphatic hydroxyl groups is 2. The summed E-state index contributed by atoms with van der Waals surface area (Å²) in [7, 11) is 1.46. The molecule has 0 heterocycles. The van der Waals surface area contributed by atoms with Gasteiger partial charge in [-0.25, -0.2) is 0 Å². The van der Waals surface area contributed by atoms with Gasteiger partial charge in [0.1, 0.15) is 24.3 Å². The van der Waals surface area contributed by atoms with Crippen molar-refractivity contribution >= 4 is 46.5 Å². The summed E-state index contributed by atoms with van der Waals surface area (Å²) in [5.74, 6) is 2.13. The molecule has 1 aromatic carbocycles. The Bertz CT molecular complexity index is 1290. The van der Waals surface area contributed by atoms with Gasteiger partial charge in [0.15, 0.2) is 11.5 Å². The van der Waals surface area contributed by atoms with Crippen LogP contribution in [0.3, 0.4) is 0 Å². The predicted octanol–water partition coefficient (Wildman–Crippen LogP) is 3.83. The zero-order valence-corrected chi connectivity index (χ0v) is 28.3. The molecule has 1 aromatic rings. The van der Waals surface area contributed by atoms with E-state index in [1.165, 1.54) is 33.3 Å². The lowest BCUT2D eigenvalue weighted by Crippen LogP contribution is -2.59. The minimum absolute atomic E-state index is 0.0230. The molecule has 10 nitrogen and oxygen atoms in total. The van der Waals surface area contributed by atoms with Gasteiger partial charge in [-0.05, 0) is 116 Å². The molecule has 0 radical (unpaired) electrons. The molecule has 0 unspecified atom stereocenters. The highest BCUT2D eigenvalue weighted by molar-refractivity contribution is 14.1. The van der Waals surface area contributed by atoms with Crippen molar-refractivity contribution in [3.63, 3.8) is 0 Å². The maximum Gasteiger partial charge on any atom is 0.247 e. The van der Waals surface area contributed by atoms with Crippen molar-refractivity contribution in [1.29, 1.82) is 0 Å². The first kappa shape index (κ1) is 33.8. The number of benzene rings is 1. The maximum absolute atomic E-state index is 14.1. The molecule has 5 aliphatic carbocycles. The number of ketones is 1. The zero-order valence-electron chi connectivity index (χ0n) is 26.1. The second-order valence-electron chi connectivity index (χ2n) is 13.7. The van der Waals surface area contributed by atoms with Crippen molar-refractivity contribution in [2.24, 2.45) is 23.2 Å². The Morgan fingerprint density at radius 3 is 2.36 bits per heavy atom. The summed E-state index contributed by atoms with van der Waals surface area (Å²) < 4.78 is 12.5. The molecule has 0 spiro atoms. The predicted molar refractivity (Wildman–Crippen MR) is 175 cm³/mol. The van der Waals surface area contributed by atoms with Crippen LogP contribution in [0.25, 0.3) is 0 Å². The maximum atomic E-state index is 14.1.